The van der Waals surface area contributed by atoms with Gasteiger partial charge in [-0.1, -0.05) is 0 Å². The Balaban J connectivity index is 2.11. The van der Waals surface area contributed by atoms with Crippen LogP contribution in [0.3, 0.4) is 0 Å². The average Bonchev–Trinajstić information content (AvgIpc) is 2.16. The molecular weight excluding hydrogens is 190 g/mol. The molecule has 0 radical (unpaired) electrons. The number of amides is 1. The fourth-order valence-electron chi connectivity index (χ4n) is 1.77. The molecule has 1 aliphatic carbocycles. The third-order valence-corrected chi connectivity index (χ3v) is 2.93. The monoisotopic (exact) mass is 205 g/mol. The number of hydrogen-bond acceptors (Lipinski definition) is 3. The van der Waals surface area contributed by atoms with Crippen LogP contribution >= 0.6 is 0 Å². The predicted molar refractivity (Wildman–Crippen MR) is 58.4 cm³/mol. The molecule has 1 saturated carbocycles. The van der Waals surface area contributed by atoms with Crippen LogP contribution in [0.15, 0.2) is 18.3 Å². The van der Waals surface area contributed by atoms with Crippen molar-refractivity contribution in [1.29, 1.82) is 0 Å². The van der Waals surface area contributed by atoms with Crippen molar-refractivity contribution in [2.45, 2.75) is 31.7 Å². The molecule has 1 amide bonds. The largest absolute Gasteiger partial charge is 0.397 e. The number of pyridine rings is 1. The number of nitrogen functional groups attached to an aromatic ring is 1. The predicted octanol–water partition coefficient (Wildman–Crippen LogP) is 1.34. The van der Waals surface area contributed by atoms with E-state index in [1.165, 1.54) is 6.42 Å². The Morgan fingerprint density at radius 3 is 2.87 bits per heavy atom. The first-order valence-corrected chi connectivity index (χ1v) is 5.14. The van der Waals surface area contributed by atoms with Crippen LogP contribution in [0.4, 0.5) is 5.69 Å². The number of nitrogens with one attached hydrogen (secondary N) is 1. The van der Waals surface area contributed by atoms with Crippen molar-refractivity contribution in [3.63, 3.8) is 0 Å². The van der Waals surface area contributed by atoms with Crippen LogP contribution in [-0.4, -0.2) is 16.4 Å². The number of nitrogens with zero attached hydrogens (tertiary/aromatic N) is 1. The van der Waals surface area contributed by atoms with Crippen LogP contribution in [0.5, 0.6) is 0 Å². The van der Waals surface area contributed by atoms with E-state index in [-0.39, 0.29) is 11.4 Å². The van der Waals surface area contributed by atoms with E-state index in [1.54, 1.807) is 18.3 Å². The van der Waals surface area contributed by atoms with E-state index in [0.29, 0.717) is 11.4 Å². The van der Waals surface area contributed by atoms with E-state index in [4.69, 9.17) is 5.73 Å². The minimum Gasteiger partial charge on any atom is -0.397 e. The Hall–Kier alpha value is -1.58. The molecule has 1 aromatic heterocycles. The molecule has 0 atom stereocenters. The van der Waals surface area contributed by atoms with Gasteiger partial charge in [-0.05, 0) is 38.3 Å². The molecule has 0 aromatic carbocycles. The first kappa shape index (κ1) is 9.96. The summed E-state index contributed by atoms with van der Waals surface area (Å²) in [6, 6.07) is 3.40. The Morgan fingerprint density at radius 1 is 1.60 bits per heavy atom. The zero-order valence-corrected chi connectivity index (χ0v) is 8.79. The highest BCUT2D eigenvalue weighted by Gasteiger charge is 2.33. The number of rotatable bonds is 2. The maximum absolute atomic E-state index is 11.8. The van der Waals surface area contributed by atoms with Gasteiger partial charge in [0.15, 0.2) is 5.69 Å². The van der Waals surface area contributed by atoms with E-state index in [0.717, 1.165) is 12.8 Å². The zero-order valence-electron chi connectivity index (χ0n) is 8.79. The summed E-state index contributed by atoms with van der Waals surface area (Å²) in [7, 11) is 0. The molecule has 3 N–H and O–H groups in total. The van der Waals surface area contributed by atoms with E-state index in [1.807, 2.05) is 6.92 Å². The fourth-order valence-corrected chi connectivity index (χ4v) is 1.77. The standard InChI is InChI=1S/C11H15N3O/c1-11(5-3-6-11)14-10(15)9-8(12)4-2-7-13-9/h2,4,7H,3,5-6,12H2,1H3,(H,14,15). The molecule has 15 heavy (non-hydrogen) atoms. The van der Waals surface area contributed by atoms with Crippen LogP contribution in [-0.2, 0) is 0 Å². The smallest absolute Gasteiger partial charge is 0.272 e. The van der Waals surface area contributed by atoms with Crippen molar-refractivity contribution in [3.8, 4) is 0 Å². The number of anilines is 1. The van der Waals surface area contributed by atoms with Gasteiger partial charge in [0.1, 0.15) is 0 Å². The third-order valence-electron chi connectivity index (χ3n) is 2.93. The minimum absolute atomic E-state index is 0.0545. The van der Waals surface area contributed by atoms with Crippen molar-refractivity contribution in [2.75, 3.05) is 5.73 Å². The van der Waals surface area contributed by atoms with Gasteiger partial charge in [-0.15, -0.1) is 0 Å². The second kappa shape index (κ2) is 3.53. The lowest BCUT2D eigenvalue weighted by Crippen LogP contribution is -2.51. The van der Waals surface area contributed by atoms with Gasteiger partial charge in [-0.3, -0.25) is 4.79 Å². The summed E-state index contributed by atoms with van der Waals surface area (Å²) >= 11 is 0. The van der Waals surface area contributed by atoms with Crippen molar-refractivity contribution >= 4 is 11.6 Å². The molecular formula is C11H15N3O. The summed E-state index contributed by atoms with van der Waals surface area (Å²) in [4.78, 5) is 15.8. The average molecular weight is 205 g/mol. The maximum atomic E-state index is 11.8. The van der Waals surface area contributed by atoms with Gasteiger partial charge in [-0.2, -0.15) is 0 Å². The number of carbonyl (C=O) groups is 1. The minimum atomic E-state index is -0.171. The summed E-state index contributed by atoms with van der Waals surface area (Å²) in [5.74, 6) is -0.171. The number of carbonyl (C=O) groups excluding carboxylic acids is 1. The van der Waals surface area contributed by atoms with Crippen LogP contribution < -0.4 is 11.1 Å². The summed E-state index contributed by atoms with van der Waals surface area (Å²) < 4.78 is 0. The van der Waals surface area contributed by atoms with Crippen LogP contribution in [0.25, 0.3) is 0 Å². The first-order chi connectivity index (χ1) is 7.11. The lowest BCUT2D eigenvalue weighted by Gasteiger charge is -2.39. The highest BCUT2D eigenvalue weighted by atomic mass is 16.2. The second-order valence-electron chi connectivity index (χ2n) is 4.31. The molecule has 0 aliphatic heterocycles. The normalized spacial score (nSPS) is 17.9. The fraction of sp³-hybridized carbons (Fsp3) is 0.455. The van der Waals surface area contributed by atoms with E-state index >= 15 is 0 Å². The Labute approximate surface area is 88.9 Å². The van der Waals surface area contributed by atoms with Gasteiger partial charge in [0.05, 0.1) is 5.69 Å². The highest BCUT2D eigenvalue weighted by Crippen LogP contribution is 2.31. The molecule has 0 spiro atoms. The second-order valence-corrected chi connectivity index (χ2v) is 4.31. The molecule has 4 heteroatoms. The van der Waals surface area contributed by atoms with Crippen molar-refractivity contribution in [2.24, 2.45) is 0 Å². The van der Waals surface area contributed by atoms with Crippen molar-refractivity contribution in [1.82, 2.24) is 10.3 Å². The van der Waals surface area contributed by atoms with E-state index in [2.05, 4.69) is 10.3 Å². The third kappa shape index (κ3) is 1.93. The van der Waals surface area contributed by atoms with Crippen LogP contribution in [0.1, 0.15) is 36.7 Å². The van der Waals surface area contributed by atoms with Gasteiger partial charge in [0.25, 0.3) is 5.91 Å². The molecule has 1 fully saturated rings. The lowest BCUT2D eigenvalue weighted by atomic mass is 9.78. The van der Waals surface area contributed by atoms with Gasteiger partial charge >= 0.3 is 0 Å². The number of nitrogens with two attached hydrogens (primary N) is 1. The maximum Gasteiger partial charge on any atom is 0.272 e. The molecule has 2 rings (SSSR count). The molecule has 0 unspecified atom stereocenters. The Bertz CT molecular complexity index is 385. The van der Waals surface area contributed by atoms with Crippen molar-refractivity contribution in [3.05, 3.63) is 24.0 Å². The number of hydrogen-bond donors (Lipinski definition) is 2. The van der Waals surface area contributed by atoms with Crippen LogP contribution in [0.2, 0.25) is 0 Å². The van der Waals surface area contributed by atoms with Crippen LogP contribution in [0, 0.1) is 0 Å². The Morgan fingerprint density at radius 2 is 2.33 bits per heavy atom. The summed E-state index contributed by atoms with van der Waals surface area (Å²) in [6.45, 7) is 2.05. The van der Waals surface area contributed by atoms with Gasteiger partial charge < -0.3 is 11.1 Å². The molecule has 4 nitrogen and oxygen atoms in total. The molecule has 0 saturated heterocycles. The van der Waals surface area contributed by atoms with E-state index < -0.39 is 0 Å². The number of aromatic nitrogens is 1. The van der Waals surface area contributed by atoms with Gasteiger partial charge in [0.2, 0.25) is 0 Å². The quantitative estimate of drug-likeness (QED) is 0.765. The first-order valence-electron chi connectivity index (χ1n) is 5.14. The highest BCUT2D eigenvalue weighted by molar-refractivity contribution is 5.97. The summed E-state index contributed by atoms with van der Waals surface area (Å²) in [5, 5.41) is 2.97. The molecule has 1 aromatic rings. The molecule has 80 valence electrons. The Kier molecular flexibility index (Phi) is 2.34. The summed E-state index contributed by atoms with van der Waals surface area (Å²) in [6.07, 6.45) is 4.82. The summed E-state index contributed by atoms with van der Waals surface area (Å²) in [5.41, 5.74) is 6.38. The zero-order chi connectivity index (χ0) is 10.9. The SMILES string of the molecule is CC1(NC(=O)c2ncccc2N)CCC1. The lowest BCUT2D eigenvalue weighted by molar-refractivity contribution is 0.0846. The molecule has 1 aliphatic rings. The van der Waals surface area contributed by atoms with Gasteiger partial charge in [-0.25, -0.2) is 4.98 Å². The molecule has 0 bridgehead atoms. The van der Waals surface area contributed by atoms with Gasteiger partial charge in [0, 0.05) is 11.7 Å². The van der Waals surface area contributed by atoms with Crippen molar-refractivity contribution < 1.29 is 4.79 Å². The molecule has 1 heterocycles. The van der Waals surface area contributed by atoms with E-state index in [9.17, 15) is 4.79 Å². The topological polar surface area (TPSA) is 68.0 Å².